The van der Waals surface area contributed by atoms with Crippen molar-refractivity contribution >= 4 is 43.1 Å². The Labute approximate surface area is 186 Å². The van der Waals surface area contributed by atoms with Gasteiger partial charge in [-0.1, -0.05) is 29.8 Å². The quantitative estimate of drug-likeness (QED) is 0.679. The summed E-state index contributed by atoms with van der Waals surface area (Å²) in [4.78, 5) is 16.5. The summed E-state index contributed by atoms with van der Waals surface area (Å²) in [5.41, 5.74) is 1.47. The average molecular weight is 484 g/mol. The minimum atomic E-state index is -3.76. The van der Waals surface area contributed by atoms with Gasteiger partial charge < -0.3 is 4.90 Å². The van der Waals surface area contributed by atoms with Crippen molar-refractivity contribution in [1.82, 2.24) is 4.90 Å². The fourth-order valence-corrected chi connectivity index (χ4v) is 6.96. The molecule has 2 heterocycles. The molecule has 0 saturated carbocycles. The number of nitrogens with zero attached hydrogens (tertiary/aromatic N) is 2. The molecule has 2 aromatic carbocycles. The van der Waals surface area contributed by atoms with Crippen LogP contribution in [0.5, 0.6) is 0 Å². The molecule has 1 amide bonds. The van der Waals surface area contributed by atoms with Gasteiger partial charge in [0.15, 0.2) is 9.84 Å². The second-order valence-electron chi connectivity index (χ2n) is 7.86. The Kier molecular flexibility index (Phi) is 5.86. The van der Waals surface area contributed by atoms with Crippen LogP contribution in [0.4, 0.5) is 5.69 Å². The fourth-order valence-electron chi connectivity index (χ4n) is 4.28. The van der Waals surface area contributed by atoms with E-state index in [1.165, 1.54) is 12.1 Å². The smallest absolute Gasteiger partial charge is 0.241 e. The highest BCUT2D eigenvalue weighted by atomic mass is 35.5. The molecule has 0 aromatic heterocycles. The minimum absolute atomic E-state index is 0.00757. The molecule has 2 N–H and O–H groups in total. The van der Waals surface area contributed by atoms with Gasteiger partial charge in [0.1, 0.15) is 0 Å². The zero-order chi connectivity index (χ0) is 22.4. The van der Waals surface area contributed by atoms with Gasteiger partial charge >= 0.3 is 0 Å². The SMILES string of the molecule is NS(=O)(=O)c1ccc(CCN2CC(=O)N(c3cccc(Cl)c3)[C@H]3CS(=O)(=O)C[C@@H]32)cc1. The fraction of sp³-hybridized carbons (Fsp3) is 0.350. The number of fused-ring (bicyclic) bond motifs is 1. The number of carbonyl (C=O) groups is 1. The summed E-state index contributed by atoms with van der Waals surface area (Å²) in [5, 5.41) is 5.60. The van der Waals surface area contributed by atoms with Crippen molar-refractivity contribution < 1.29 is 21.6 Å². The molecule has 2 aliphatic rings. The van der Waals surface area contributed by atoms with Crippen molar-refractivity contribution in [3.8, 4) is 0 Å². The molecule has 0 radical (unpaired) electrons. The first-order valence-electron chi connectivity index (χ1n) is 9.67. The molecule has 2 aliphatic heterocycles. The van der Waals surface area contributed by atoms with Crippen LogP contribution in [0.2, 0.25) is 5.02 Å². The number of anilines is 1. The number of primary sulfonamides is 1. The third kappa shape index (κ3) is 4.78. The first-order chi connectivity index (χ1) is 14.5. The molecule has 8 nitrogen and oxygen atoms in total. The standard InChI is InChI=1S/C20H22ClN3O5S2/c21-15-2-1-3-16(10-15)24-19-13-30(26,27)12-18(19)23(11-20(24)25)9-8-14-4-6-17(7-5-14)31(22,28)29/h1-7,10,18-19H,8-9,11-13H2,(H2,22,28,29)/t18-,19-/m0/s1. The van der Waals surface area contributed by atoms with Gasteiger partial charge in [0.25, 0.3) is 0 Å². The van der Waals surface area contributed by atoms with Gasteiger partial charge in [-0.05, 0) is 42.3 Å². The van der Waals surface area contributed by atoms with Gasteiger partial charge in [0.2, 0.25) is 15.9 Å². The average Bonchev–Trinajstić information content (AvgIpc) is 3.00. The van der Waals surface area contributed by atoms with E-state index in [4.69, 9.17) is 16.7 Å². The third-order valence-electron chi connectivity index (χ3n) is 5.73. The third-order valence-corrected chi connectivity index (χ3v) is 8.59. The van der Waals surface area contributed by atoms with Crippen molar-refractivity contribution in [1.29, 1.82) is 0 Å². The van der Waals surface area contributed by atoms with E-state index in [-0.39, 0.29) is 34.9 Å². The van der Waals surface area contributed by atoms with E-state index >= 15 is 0 Å². The molecule has 2 fully saturated rings. The monoisotopic (exact) mass is 483 g/mol. The van der Waals surface area contributed by atoms with Gasteiger partial charge in [0.05, 0.1) is 29.0 Å². The predicted octanol–water partition coefficient (Wildman–Crippen LogP) is 1.04. The number of benzene rings is 2. The molecule has 11 heteroatoms. The molecule has 0 bridgehead atoms. The number of hydrogen-bond acceptors (Lipinski definition) is 6. The Morgan fingerprint density at radius 3 is 2.39 bits per heavy atom. The van der Waals surface area contributed by atoms with Crippen LogP contribution in [-0.4, -0.2) is 64.3 Å². The number of sulfone groups is 1. The van der Waals surface area contributed by atoms with Crippen LogP contribution in [0.1, 0.15) is 5.56 Å². The lowest BCUT2D eigenvalue weighted by atomic mass is 10.0. The summed E-state index contributed by atoms with van der Waals surface area (Å²) in [7, 11) is -7.05. The first-order valence-corrected chi connectivity index (χ1v) is 13.4. The number of amides is 1. The van der Waals surface area contributed by atoms with Gasteiger partial charge in [-0.25, -0.2) is 22.0 Å². The number of sulfonamides is 1. The van der Waals surface area contributed by atoms with Crippen molar-refractivity contribution in [2.24, 2.45) is 5.14 Å². The molecule has 0 spiro atoms. The molecule has 0 unspecified atom stereocenters. The number of rotatable bonds is 5. The number of piperazine rings is 1. The van der Waals surface area contributed by atoms with Crippen molar-refractivity contribution in [2.75, 3.05) is 29.5 Å². The number of nitrogens with two attached hydrogens (primary N) is 1. The van der Waals surface area contributed by atoms with Crippen molar-refractivity contribution in [3.63, 3.8) is 0 Å². The Morgan fingerprint density at radius 1 is 1.06 bits per heavy atom. The largest absolute Gasteiger partial charge is 0.306 e. The maximum Gasteiger partial charge on any atom is 0.241 e. The lowest BCUT2D eigenvalue weighted by Gasteiger charge is -2.43. The highest BCUT2D eigenvalue weighted by molar-refractivity contribution is 7.91. The Bertz CT molecular complexity index is 1220. The number of carbonyl (C=O) groups excluding carboxylic acids is 1. The van der Waals surface area contributed by atoms with Gasteiger partial charge in [0, 0.05) is 23.3 Å². The first kappa shape index (κ1) is 22.2. The Balaban J connectivity index is 1.54. The van der Waals surface area contributed by atoms with Crippen LogP contribution in [0, 0.1) is 0 Å². The highest BCUT2D eigenvalue weighted by Crippen LogP contribution is 2.32. The van der Waals surface area contributed by atoms with Gasteiger partial charge in [-0.2, -0.15) is 0 Å². The molecule has 0 aliphatic carbocycles. The second kappa shape index (κ2) is 8.18. The maximum absolute atomic E-state index is 13.0. The highest BCUT2D eigenvalue weighted by Gasteiger charge is 2.49. The summed E-state index contributed by atoms with van der Waals surface area (Å²) in [6, 6.07) is 12.3. The molecule has 2 saturated heterocycles. The topological polar surface area (TPSA) is 118 Å². The van der Waals surface area contributed by atoms with Crippen LogP contribution in [0.25, 0.3) is 0 Å². The van der Waals surface area contributed by atoms with Gasteiger partial charge in [-0.15, -0.1) is 0 Å². The van der Waals surface area contributed by atoms with E-state index < -0.39 is 25.9 Å². The lowest BCUT2D eigenvalue weighted by molar-refractivity contribution is -0.123. The van der Waals surface area contributed by atoms with E-state index in [9.17, 15) is 21.6 Å². The molecule has 2 aromatic rings. The Morgan fingerprint density at radius 2 is 1.74 bits per heavy atom. The van der Waals surface area contributed by atoms with Crippen molar-refractivity contribution in [2.45, 2.75) is 23.4 Å². The number of hydrogen-bond donors (Lipinski definition) is 1. The predicted molar refractivity (Wildman–Crippen MR) is 118 cm³/mol. The normalized spacial score (nSPS) is 23.7. The van der Waals surface area contributed by atoms with Gasteiger partial charge in [-0.3, -0.25) is 9.69 Å². The van der Waals surface area contributed by atoms with Crippen LogP contribution in [0.15, 0.2) is 53.4 Å². The van der Waals surface area contributed by atoms with Crippen molar-refractivity contribution in [3.05, 3.63) is 59.1 Å². The minimum Gasteiger partial charge on any atom is -0.306 e. The van der Waals surface area contributed by atoms with Crippen LogP contribution in [0.3, 0.4) is 0 Å². The van der Waals surface area contributed by atoms with Crippen LogP contribution < -0.4 is 10.0 Å². The van der Waals surface area contributed by atoms with E-state index in [0.717, 1.165) is 5.56 Å². The summed E-state index contributed by atoms with van der Waals surface area (Å²) in [6.07, 6.45) is 0.540. The molecule has 166 valence electrons. The number of halogens is 1. The van der Waals surface area contributed by atoms with Crippen LogP contribution >= 0.6 is 11.6 Å². The van der Waals surface area contributed by atoms with Crippen LogP contribution in [-0.2, 0) is 31.1 Å². The van der Waals surface area contributed by atoms with E-state index in [1.807, 2.05) is 4.90 Å². The second-order valence-corrected chi connectivity index (χ2v) is 12.0. The zero-order valence-electron chi connectivity index (χ0n) is 16.5. The molecular weight excluding hydrogens is 462 g/mol. The summed E-state index contributed by atoms with van der Waals surface area (Å²) < 4.78 is 47.7. The van der Waals surface area contributed by atoms with E-state index in [0.29, 0.717) is 23.7 Å². The molecular formula is C20H22ClN3O5S2. The molecule has 31 heavy (non-hydrogen) atoms. The van der Waals surface area contributed by atoms with E-state index in [1.54, 1.807) is 41.3 Å². The molecule has 4 rings (SSSR count). The zero-order valence-corrected chi connectivity index (χ0v) is 18.9. The lowest BCUT2D eigenvalue weighted by Crippen LogP contribution is -2.62. The Hall–Kier alpha value is -1.98. The maximum atomic E-state index is 13.0. The summed E-state index contributed by atoms with van der Waals surface area (Å²) in [5.74, 6) is -0.271. The molecule has 2 atom stereocenters. The summed E-state index contributed by atoms with van der Waals surface area (Å²) >= 11 is 6.08. The van der Waals surface area contributed by atoms with E-state index in [2.05, 4.69) is 0 Å². The summed E-state index contributed by atoms with van der Waals surface area (Å²) in [6.45, 7) is 0.568.